The van der Waals surface area contributed by atoms with E-state index in [9.17, 15) is 4.79 Å². The molecule has 7 heteroatoms. The summed E-state index contributed by atoms with van der Waals surface area (Å²) in [6.07, 6.45) is 5.20. The quantitative estimate of drug-likeness (QED) is 0.757. The molecule has 1 aliphatic heterocycles. The first-order valence-electron chi connectivity index (χ1n) is 9.30. The summed E-state index contributed by atoms with van der Waals surface area (Å²) >= 11 is 0. The number of pyridine rings is 1. The summed E-state index contributed by atoms with van der Waals surface area (Å²) in [5, 5.41) is 2.95. The van der Waals surface area contributed by atoms with Gasteiger partial charge in [-0.2, -0.15) is 0 Å². The Balaban J connectivity index is 1.42. The zero-order valence-corrected chi connectivity index (χ0v) is 15.7. The molecule has 7 nitrogen and oxygen atoms in total. The summed E-state index contributed by atoms with van der Waals surface area (Å²) in [6, 6.07) is 13.2. The first-order chi connectivity index (χ1) is 13.7. The van der Waals surface area contributed by atoms with Gasteiger partial charge in [0.15, 0.2) is 0 Å². The fourth-order valence-electron chi connectivity index (χ4n) is 3.25. The van der Waals surface area contributed by atoms with Crippen LogP contribution in [-0.4, -0.2) is 47.0 Å². The number of rotatable bonds is 4. The van der Waals surface area contributed by atoms with E-state index in [4.69, 9.17) is 0 Å². The first-order valence-corrected chi connectivity index (χ1v) is 9.30. The SMILES string of the molecule is Cc1cccc(NC(=O)c2ccnc(N3CCN(c4ncccn4)CC3)c2)c1. The van der Waals surface area contributed by atoms with Gasteiger partial charge in [-0.15, -0.1) is 0 Å². The van der Waals surface area contributed by atoms with Crippen molar-refractivity contribution in [2.75, 3.05) is 41.3 Å². The fraction of sp³-hybridized carbons (Fsp3) is 0.238. The van der Waals surface area contributed by atoms with E-state index in [2.05, 4.69) is 30.1 Å². The standard InChI is InChI=1S/C21H22N6O/c1-16-4-2-5-18(14-16)25-20(28)17-6-9-22-19(15-17)26-10-12-27(13-11-26)21-23-7-3-8-24-21/h2-9,14-15H,10-13H2,1H3,(H,25,28). The summed E-state index contributed by atoms with van der Waals surface area (Å²) in [4.78, 5) is 30.0. The highest BCUT2D eigenvalue weighted by molar-refractivity contribution is 6.04. The van der Waals surface area contributed by atoms with Crippen molar-refractivity contribution in [1.29, 1.82) is 0 Å². The van der Waals surface area contributed by atoms with Crippen LogP contribution in [0.2, 0.25) is 0 Å². The molecule has 0 aliphatic carbocycles. The fourth-order valence-corrected chi connectivity index (χ4v) is 3.25. The number of hydrogen-bond acceptors (Lipinski definition) is 6. The lowest BCUT2D eigenvalue weighted by Crippen LogP contribution is -2.47. The molecule has 28 heavy (non-hydrogen) atoms. The molecule has 3 aromatic rings. The minimum atomic E-state index is -0.134. The Labute approximate surface area is 164 Å². The number of nitrogens with one attached hydrogen (secondary N) is 1. The second-order valence-electron chi connectivity index (χ2n) is 6.75. The molecule has 1 fully saturated rings. The minimum absolute atomic E-state index is 0.134. The molecule has 1 N–H and O–H groups in total. The third kappa shape index (κ3) is 4.09. The van der Waals surface area contributed by atoms with Crippen LogP contribution < -0.4 is 15.1 Å². The summed E-state index contributed by atoms with van der Waals surface area (Å²) in [5.41, 5.74) is 2.49. The highest BCUT2D eigenvalue weighted by Gasteiger charge is 2.20. The maximum atomic E-state index is 12.6. The predicted molar refractivity (Wildman–Crippen MR) is 110 cm³/mol. The number of benzene rings is 1. The van der Waals surface area contributed by atoms with E-state index < -0.39 is 0 Å². The predicted octanol–water partition coefficient (Wildman–Crippen LogP) is 2.76. The summed E-state index contributed by atoms with van der Waals surface area (Å²) in [7, 11) is 0. The van der Waals surface area contributed by atoms with Crippen LogP contribution in [0.25, 0.3) is 0 Å². The van der Waals surface area contributed by atoms with Crippen LogP contribution in [0.3, 0.4) is 0 Å². The molecule has 142 valence electrons. The van der Waals surface area contributed by atoms with Crippen molar-refractivity contribution in [3.05, 3.63) is 72.2 Å². The van der Waals surface area contributed by atoms with E-state index in [0.717, 1.165) is 49.2 Å². The van der Waals surface area contributed by atoms with Crippen LogP contribution in [0.5, 0.6) is 0 Å². The molecule has 1 saturated heterocycles. The van der Waals surface area contributed by atoms with E-state index in [1.165, 1.54) is 0 Å². The topological polar surface area (TPSA) is 74.2 Å². The van der Waals surface area contributed by atoms with Crippen LogP contribution in [-0.2, 0) is 0 Å². The van der Waals surface area contributed by atoms with Crippen molar-refractivity contribution in [2.24, 2.45) is 0 Å². The van der Waals surface area contributed by atoms with Crippen molar-refractivity contribution >= 4 is 23.4 Å². The number of amides is 1. The summed E-state index contributed by atoms with van der Waals surface area (Å²) in [5.74, 6) is 1.43. The van der Waals surface area contributed by atoms with Gasteiger partial charge in [0.2, 0.25) is 5.95 Å². The normalized spacial score (nSPS) is 14.0. The molecular weight excluding hydrogens is 352 g/mol. The number of aromatic nitrogens is 3. The Morgan fingerprint density at radius 3 is 2.39 bits per heavy atom. The van der Waals surface area contributed by atoms with Crippen molar-refractivity contribution in [3.8, 4) is 0 Å². The lowest BCUT2D eigenvalue weighted by molar-refractivity contribution is 0.102. The Morgan fingerprint density at radius 1 is 0.893 bits per heavy atom. The van der Waals surface area contributed by atoms with Gasteiger partial charge < -0.3 is 15.1 Å². The van der Waals surface area contributed by atoms with Gasteiger partial charge >= 0.3 is 0 Å². The van der Waals surface area contributed by atoms with Gasteiger partial charge in [-0.05, 0) is 42.8 Å². The maximum absolute atomic E-state index is 12.6. The van der Waals surface area contributed by atoms with Gasteiger partial charge in [0.05, 0.1) is 0 Å². The minimum Gasteiger partial charge on any atom is -0.353 e. The zero-order chi connectivity index (χ0) is 19.3. The average Bonchev–Trinajstić information content (AvgIpc) is 2.75. The largest absolute Gasteiger partial charge is 0.353 e. The number of carbonyl (C=O) groups is 1. The van der Waals surface area contributed by atoms with E-state index >= 15 is 0 Å². The molecule has 0 radical (unpaired) electrons. The Kier molecular flexibility index (Phi) is 5.14. The molecular formula is C21H22N6O. The van der Waals surface area contributed by atoms with E-state index in [1.54, 1.807) is 24.7 Å². The molecule has 4 rings (SSSR count). The molecule has 1 aromatic carbocycles. The van der Waals surface area contributed by atoms with Gasteiger partial charge in [-0.1, -0.05) is 12.1 Å². The number of aryl methyl sites for hydroxylation is 1. The zero-order valence-electron chi connectivity index (χ0n) is 15.7. The average molecular weight is 374 g/mol. The third-order valence-electron chi connectivity index (χ3n) is 4.72. The second-order valence-corrected chi connectivity index (χ2v) is 6.75. The van der Waals surface area contributed by atoms with Crippen molar-refractivity contribution in [2.45, 2.75) is 6.92 Å². The summed E-state index contributed by atoms with van der Waals surface area (Å²) in [6.45, 7) is 5.22. The first kappa shape index (κ1) is 17.9. The van der Waals surface area contributed by atoms with Crippen LogP contribution in [0.15, 0.2) is 61.1 Å². The van der Waals surface area contributed by atoms with Gasteiger partial charge in [0.25, 0.3) is 5.91 Å². The molecule has 0 spiro atoms. The smallest absolute Gasteiger partial charge is 0.255 e. The maximum Gasteiger partial charge on any atom is 0.255 e. The Bertz CT molecular complexity index is 954. The monoisotopic (exact) mass is 374 g/mol. The van der Waals surface area contributed by atoms with Crippen molar-refractivity contribution in [1.82, 2.24) is 15.0 Å². The van der Waals surface area contributed by atoms with Crippen molar-refractivity contribution < 1.29 is 4.79 Å². The van der Waals surface area contributed by atoms with Crippen LogP contribution >= 0.6 is 0 Å². The van der Waals surface area contributed by atoms with Gasteiger partial charge in [0, 0.05) is 56.0 Å². The lowest BCUT2D eigenvalue weighted by atomic mass is 10.2. The Hall–Kier alpha value is -3.48. The highest BCUT2D eigenvalue weighted by atomic mass is 16.1. The molecule has 0 bridgehead atoms. The van der Waals surface area contributed by atoms with Gasteiger partial charge in [-0.3, -0.25) is 4.79 Å². The molecule has 0 saturated carbocycles. The number of carbonyl (C=O) groups excluding carboxylic acids is 1. The lowest BCUT2D eigenvalue weighted by Gasteiger charge is -2.35. The van der Waals surface area contributed by atoms with Crippen molar-refractivity contribution in [3.63, 3.8) is 0 Å². The van der Waals surface area contributed by atoms with Gasteiger partial charge in [0.1, 0.15) is 5.82 Å². The second kappa shape index (κ2) is 8.04. The molecule has 3 heterocycles. The molecule has 1 aliphatic rings. The number of anilines is 3. The van der Waals surface area contributed by atoms with Gasteiger partial charge in [-0.25, -0.2) is 15.0 Å². The molecule has 1 amide bonds. The van der Waals surface area contributed by atoms with E-state index in [-0.39, 0.29) is 5.91 Å². The Morgan fingerprint density at radius 2 is 1.64 bits per heavy atom. The van der Waals surface area contributed by atoms with E-state index in [1.807, 2.05) is 43.3 Å². The van der Waals surface area contributed by atoms with E-state index in [0.29, 0.717) is 5.56 Å². The summed E-state index contributed by atoms with van der Waals surface area (Å²) < 4.78 is 0. The number of nitrogens with zero attached hydrogens (tertiary/aromatic N) is 5. The van der Waals surface area contributed by atoms with Crippen LogP contribution in [0.1, 0.15) is 15.9 Å². The molecule has 2 aromatic heterocycles. The number of hydrogen-bond donors (Lipinski definition) is 1. The third-order valence-corrected chi connectivity index (χ3v) is 4.72. The van der Waals surface area contributed by atoms with Crippen LogP contribution in [0, 0.1) is 6.92 Å². The number of piperazine rings is 1. The molecule has 0 atom stereocenters. The molecule has 0 unspecified atom stereocenters. The highest BCUT2D eigenvalue weighted by Crippen LogP contribution is 2.18. The van der Waals surface area contributed by atoms with Crippen LogP contribution in [0.4, 0.5) is 17.5 Å².